The molecule has 0 N–H and O–H groups in total. The summed E-state index contributed by atoms with van der Waals surface area (Å²) in [5, 5.41) is 0. The molecule has 0 aromatic carbocycles. The van der Waals surface area contributed by atoms with Gasteiger partial charge in [0.25, 0.3) is 5.91 Å². The van der Waals surface area contributed by atoms with Gasteiger partial charge in [-0.2, -0.15) is 0 Å². The largest absolute Gasteiger partial charge is 0.289 e. The highest BCUT2D eigenvalue weighted by Crippen LogP contribution is 2.32. The lowest BCUT2D eigenvalue weighted by molar-refractivity contribution is -0.127. The smallest absolute Gasteiger partial charge is 0.267 e. The number of nitrogens with zero attached hydrogens (tertiary/aromatic N) is 2. The fourth-order valence-electron chi connectivity index (χ4n) is 1.94. The zero-order valence-corrected chi connectivity index (χ0v) is 10.4. The number of amides is 1. The topological polar surface area (TPSA) is 49.7 Å². The molecule has 0 fully saturated rings. The fourth-order valence-corrected chi connectivity index (χ4v) is 1.94. The molecule has 88 valence electrons. The van der Waals surface area contributed by atoms with Crippen molar-refractivity contribution >= 4 is 17.4 Å². The lowest BCUT2D eigenvalue weighted by Crippen LogP contribution is -2.40. The van der Waals surface area contributed by atoms with E-state index in [1.807, 2.05) is 20.8 Å². The molecule has 0 atom stereocenters. The minimum atomic E-state index is -0.372. The Kier molecular flexibility index (Phi) is 2.38. The Labute approximate surface area is 100 Å². The Hall–Kier alpha value is -1.97. The second kappa shape index (κ2) is 3.52. The highest BCUT2D eigenvalue weighted by molar-refractivity contribution is 6.28. The molecule has 2 rings (SSSR count). The van der Waals surface area contributed by atoms with Crippen molar-refractivity contribution in [2.45, 2.75) is 27.7 Å². The minimum Gasteiger partial charge on any atom is -0.289 e. The second-order valence-corrected chi connectivity index (χ2v) is 4.30. The molecule has 4 nitrogen and oxygen atoms in total. The van der Waals surface area contributed by atoms with Crippen LogP contribution < -0.4 is 0 Å². The van der Waals surface area contributed by atoms with Crippen LogP contribution in [0.25, 0.3) is 0 Å². The van der Waals surface area contributed by atoms with Crippen LogP contribution in [0.2, 0.25) is 0 Å². The predicted octanol–water partition coefficient (Wildman–Crippen LogP) is 1.95. The van der Waals surface area contributed by atoms with Crippen LogP contribution in [-0.4, -0.2) is 22.3 Å². The first-order valence-electron chi connectivity index (χ1n) is 5.38. The summed E-state index contributed by atoms with van der Waals surface area (Å²) in [6.07, 6.45) is 0. The van der Waals surface area contributed by atoms with Gasteiger partial charge >= 0.3 is 0 Å². The van der Waals surface area contributed by atoms with Gasteiger partial charge in [-0.05, 0) is 33.3 Å². The van der Waals surface area contributed by atoms with E-state index in [0.29, 0.717) is 11.4 Å². The normalized spacial score (nSPS) is 21.1. The van der Waals surface area contributed by atoms with E-state index in [0.717, 1.165) is 17.0 Å². The molecule has 0 bridgehead atoms. The summed E-state index contributed by atoms with van der Waals surface area (Å²) in [6.45, 7) is 10.9. The molecule has 2 aliphatic rings. The van der Waals surface area contributed by atoms with Gasteiger partial charge in [0.05, 0.1) is 5.57 Å². The van der Waals surface area contributed by atoms with Gasteiger partial charge in [-0.15, -0.1) is 0 Å². The number of Topliss-reactive ketones (excluding diaryl/α,β-unsaturated/α-hetero) is 1. The highest BCUT2D eigenvalue weighted by Gasteiger charge is 2.37. The van der Waals surface area contributed by atoms with E-state index in [4.69, 9.17) is 0 Å². The van der Waals surface area contributed by atoms with E-state index in [1.165, 1.54) is 4.90 Å². The van der Waals surface area contributed by atoms with Gasteiger partial charge in [0.15, 0.2) is 5.78 Å². The molecule has 2 heterocycles. The van der Waals surface area contributed by atoms with Crippen LogP contribution in [-0.2, 0) is 9.59 Å². The Morgan fingerprint density at radius 1 is 1.06 bits per heavy atom. The zero-order valence-electron chi connectivity index (χ0n) is 10.4. The van der Waals surface area contributed by atoms with E-state index in [2.05, 4.69) is 11.6 Å². The number of hydrogen-bond acceptors (Lipinski definition) is 3. The predicted molar refractivity (Wildman–Crippen MR) is 65.2 cm³/mol. The van der Waals surface area contributed by atoms with Gasteiger partial charge in [-0.1, -0.05) is 6.58 Å². The Morgan fingerprint density at radius 3 is 2.24 bits per heavy atom. The van der Waals surface area contributed by atoms with E-state index < -0.39 is 0 Å². The van der Waals surface area contributed by atoms with Gasteiger partial charge in [0, 0.05) is 17.0 Å². The third kappa shape index (κ3) is 1.40. The Bertz CT molecular complexity index is 562. The van der Waals surface area contributed by atoms with Crippen molar-refractivity contribution in [3.8, 4) is 0 Å². The summed E-state index contributed by atoms with van der Waals surface area (Å²) >= 11 is 0. The standard InChI is InChI=1S/C13H14N2O2/c1-6-9(4)14-12-7(2)11(16)8(3)13(17)15(12)10(6)5/h3H2,1-2,4-5H3. The van der Waals surface area contributed by atoms with Gasteiger partial charge in [-0.3, -0.25) is 14.5 Å². The molecule has 17 heavy (non-hydrogen) atoms. The molecule has 0 spiro atoms. The van der Waals surface area contributed by atoms with Gasteiger partial charge in [-0.25, -0.2) is 4.99 Å². The molecule has 4 heteroatoms. The summed E-state index contributed by atoms with van der Waals surface area (Å²) in [5.74, 6) is -0.248. The quantitative estimate of drug-likeness (QED) is 0.471. The first kappa shape index (κ1) is 11.5. The lowest BCUT2D eigenvalue weighted by Gasteiger charge is -2.33. The molecule has 0 aromatic heterocycles. The zero-order chi connectivity index (χ0) is 12.9. The number of fused-ring (bicyclic) bond motifs is 1. The maximum atomic E-state index is 12.0. The van der Waals surface area contributed by atoms with E-state index >= 15 is 0 Å². The summed E-state index contributed by atoms with van der Waals surface area (Å²) in [4.78, 5) is 29.6. The fraction of sp³-hybridized carbons (Fsp3) is 0.308. The first-order chi connectivity index (χ1) is 7.86. The van der Waals surface area contributed by atoms with Gasteiger partial charge in [0.2, 0.25) is 0 Å². The third-order valence-electron chi connectivity index (χ3n) is 3.32. The number of ketones is 1. The average Bonchev–Trinajstić information content (AvgIpc) is 2.30. The number of allylic oxidation sites excluding steroid dienone is 3. The monoisotopic (exact) mass is 230 g/mol. The van der Waals surface area contributed by atoms with Gasteiger partial charge in [0.1, 0.15) is 5.82 Å². The minimum absolute atomic E-state index is 0.00755. The molecule has 0 saturated heterocycles. The number of hydrogen-bond donors (Lipinski definition) is 0. The van der Waals surface area contributed by atoms with Crippen molar-refractivity contribution in [2.75, 3.05) is 0 Å². The van der Waals surface area contributed by atoms with Crippen molar-refractivity contribution < 1.29 is 9.59 Å². The van der Waals surface area contributed by atoms with E-state index in [-0.39, 0.29) is 17.3 Å². The van der Waals surface area contributed by atoms with Crippen LogP contribution in [0.5, 0.6) is 0 Å². The van der Waals surface area contributed by atoms with Crippen LogP contribution in [0, 0.1) is 0 Å². The van der Waals surface area contributed by atoms with Crippen LogP contribution in [0.1, 0.15) is 27.7 Å². The second-order valence-electron chi connectivity index (χ2n) is 4.30. The average molecular weight is 230 g/mol. The molecule has 2 aliphatic heterocycles. The van der Waals surface area contributed by atoms with Crippen LogP contribution in [0.4, 0.5) is 0 Å². The molecular formula is C13H14N2O2. The molecule has 0 radical (unpaired) electrons. The molecule has 0 unspecified atom stereocenters. The number of rotatable bonds is 0. The number of carbonyl (C=O) groups excluding carboxylic acids is 2. The molecular weight excluding hydrogens is 216 g/mol. The lowest BCUT2D eigenvalue weighted by atomic mass is 9.97. The van der Waals surface area contributed by atoms with Crippen molar-refractivity contribution in [1.29, 1.82) is 0 Å². The van der Waals surface area contributed by atoms with Gasteiger partial charge < -0.3 is 0 Å². The molecule has 0 saturated carbocycles. The molecule has 1 amide bonds. The highest BCUT2D eigenvalue weighted by atomic mass is 16.2. The SMILES string of the molecule is C=C1C(=O)C(C)=C2N=C(C)C(C)=C(C)N2C1=O. The molecule has 0 aromatic rings. The van der Waals surface area contributed by atoms with E-state index in [9.17, 15) is 9.59 Å². The van der Waals surface area contributed by atoms with Crippen molar-refractivity contribution in [2.24, 2.45) is 4.99 Å². The van der Waals surface area contributed by atoms with Crippen LogP contribution in [0.3, 0.4) is 0 Å². The third-order valence-corrected chi connectivity index (χ3v) is 3.32. The number of carbonyl (C=O) groups is 2. The van der Waals surface area contributed by atoms with Crippen molar-refractivity contribution in [1.82, 2.24) is 4.90 Å². The van der Waals surface area contributed by atoms with Crippen LogP contribution in [0.15, 0.2) is 39.8 Å². The number of aliphatic imine (C=N–C) groups is 1. The molecule has 0 aliphatic carbocycles. The maximum Gasteiger partial charge on any atom is 0.267 e. The van der Waals surface area contributed by atoms with Crippen molar-refractivity contribution in [3.05, 3.63) is 34.8 Å². The Morgan fingerprint density at radius 2 is 1.65 bits per heavy atom. The van der Waals surface area contributed by atoms with E-state index in [1.54, 1.807) is 6.92 Å². The van der Waals surface area contributed by atoms with Crippen molar-refractivity contribution in [3.63, 3.8) is 0 Å². The first-order valence-corrected chi connectivity index (χ1v) is 5.38. The van der Waals surface area contributed by atoms with Crippen LogP contribution >= 0.6 is 0 Å². The summed E-state index contributed by atoms with van der Waals surface area (Å²) in [5.41, 5.74) is 3.08. The maximum absolute atomic E-state index is 12.0. The Balaban J connectivity index is 2.74. The summed E-state index contributed by atoms with van der Waals surface area (Å²) < 4.78 is 0. The summed E-state index contributed by atoms with van der Waals surface area (Å²) in [7, 11) is 0. The summed E-state index contributed by atoms with van der Waals surface area (Å²) in [6, 6.07) is 0.